The second-order valence-electron chi connectivity index (χ2n) is 13.0. The van der Waals surface area contributed by atoms with Crippen molar-refractivity contribution < 1.29 is 4.42 Å². The Morgan fingerprint density at radius 1 is 0.314 bits per heavy atom. The van der Waals surface area contributed by atoms with Gasteiger partial charge in [0.2, 0.25) is 0 Å². The van der Waals surface area contributed by atoms with Gasteiger partial charge < -0.3 is 4.42 Å². The highest BCUT2D eigenvalue weighted by atomic mass is 16.3. The molecule has 0 N–H and O–H groups in total. The molecule has 0 atom stereocenters. The van der Waals surface area contributed by atoms with Gasteiger partial charge in [0.1, 0.15) is 11.2 Å². The lowest BCUT2D eigenvalue weighted by molar-refractivity contribution is 0.673. The van der Waals surface area contributed by atoms with E-state index in [4.69, 9.17) is 14.4 Å². The minimum absolute atomic E-state index is 0.627. The van der Waals surface area contributed by atoms with E-state index in [1.54, 1.807) is 0 Å². The first-order chi connectivity index (χ1) is 25.3. The molecule has 238 valence electrons. The molecule has 2 heterocycles. The maximum absolute atomic E-state index is 6.87. The number of para-hydroxylation sites is 1. The van der Waals surface area contributed by atoms with Crippen molar-refractivity contribution in [2.75, 3.05) is 0 Å². The van der Waals surface area contributed by atoms with Crippen LogP contribution >= 0.6 is 0 Å². The number of benzene rings is 8. The van der Waals surface area contributed by atoms with Gasteiger partial charge in [0.05, 0.1) is 17.0 Å². The Kier molecular flexibility index (Phi) is 6.81. The fraction of sp³-hybridized carbons (Fsp3) is 0. The van der Waals surface area contributed by atoms with E-state index >= 15 is 0 Å². The van der Waals surface area contributed by atoms with Crippen LogP contribution in [0.2, 0.25) is 0 Å². The van der Waals surface area contributed by atoms with E-state index in [-0.39, 0.29) is 0 Å². The topological polar surface area (TPSA) is 38.9 Å². The van der Waals surface area contributed by atoms with E-state index in [1.165, 1.54) is 27.6 Å². The average molecular weight is 651 g/mol. The maximum atomic E-state index is 6.87. The second-order valence-corrected chi connectivity index (χ2v) is 13.0. The van der Waals surface area contributed by atoms with Crippen LogP contribution in [0, 0.1) is 0 Å². The molecule has 0 saturated heterocycles. The summed E-state index contributed by atoms with van der Waals surface area (Å²) in [6.45, 7) is 0. The van der Waals surface area contributed by atoms with Gasteiger partial charge in [0, 0.05) is 27.3 Å². The summed E-state index contributed by atoms with van der Waals surface area (Å²) < 4.78 is 6.87. The van der Waals surface area contributed by atoms with E-state index in [1.807, 2.05) is 18.2 Å². The van der Waals surface area contributed by atoms with E-state index in [0.717, 1.165) is 66.2 Å². The minimum Gasteiger partial charge on any atom is -0.455 e. The zero-order valence-electron chi connectivity index (χ0n) is 27.6. The Labute approximate surface area is 295 Å². The molecule has 0 spiro atoms. The van der Waals surface area contributed by atoms with E-state index < -0.39 is 0 Å². The van der Waals surface area contributed by atoms with Gasteiger partial charge >= 0.3 is 0 Å². The zero-order chi connectivity index (χ0) is 33.7. The van der Waals surface area contributed by atoms with Gasteiger partial charge in [-0.2, -0.15) is 0 Å². The normalized spacial score (nSPS) is 11.5. The summed E-state index contributed by atoms with van der Waals surface area (Å²) >= 11 is 0. The molecule has 3 nitrogen and oxygen atoms in total. The SMILES string of the molecule is c1ccc(-c2ccc3ccc(-c4cc(-c5ccccc5)nc(-c5cccc6c5oc5c7ccccc7c(-c7ccccc7)cc65)n4)cc3c2)cc1. The lowest BCUT2D eigenvalue weighted by Crippen LogP contribution is -1.96. The number of rotatable bonds is 5. The number of hydrogen-bond donors (Lipinski definition) is 0. The number of nitrogens with zero attached hydrogens (tertiary/aromatic N) is 2. The average Bonchev–Trinajstić information content (AvgIpc) is 3.60. The highest BCUT2D eigenvalue weighted by Crippen LogP contribution is 2.42. The van der Waals surface area contributed by atoms with Crippen molar-refractivity contribution in [1.82, 2.24) is 9.97 Å². The molecule has 0 unspecified atom stereocenters. The third-order valence-electron chi connectivity index (χ3n) is 9.87. The molecule has 0 bridgehead atoms. The number of fused-ring (bicyclic) bond motifs is 6. The molecular weight excluding hydrogens is 621 g/mol. The standard InChI is InChI=1S/C48H30N2O/c1-4-13-31(14-5-1)35-25-23-32-24-26-36(28-37(32)27-35)45-30-44(34-17-8-3-9-18-34)49-48(50-45)41-22-12-21-40-43-29-42(33-15-6-2-7-16-33)38-19-10-11-20-39(38)47(43)51-46(40)41/h1-30H. The highest BCUT2D eigenvalue weighted by molar-refractivity contribution is 6.20. The summed E-state index contributed by atoms with van der Waals surface area (Å²) in [7, 11) is 0. The molecule has 0 fully saturated rings. The van der Waals surface area contributed by atoms with Crippen molar-refractivity contribution in [1.29, 1.82) is 0 Å². The zero-order valence-corrected chi connectivity index (χ0v) is 27.6. The van der Waals surface area contributed by atoms with Gasteiger partial charge in [0.15, 0.2) is 5.82 Å². The highest BCUT2D eigenvalue weighted by Gasteiger charge is 2.20. The molecule has 8 aromatic carbocycles. The fourth-order valence-corrected chi connectivity index (χ4v) is 7.34. The van der Waals surface area contributed by atoms with E-state index in [9.17, 15) is 0 Å². The van der Waals surface area contributed by atoms with Crippen LogP contribution in [0.25, 0.3) is 99.6 Å². The molecule has 0 aliphatic heterocycles. The molecule has 0 aliphatic rings. The third kappa shape index (κ3) is 5.06. The molecule has 10 rings (SSSR count). The maximum Gasteiger partial charge on any atom is 0.164 e. The first-order valence-corrected chi connectivity index (χ1v) is 17.2. The lowest BCUT2D eigenvalue weighted by Gasteiger charge is -2.11. The summed E-state index contributed by atoms with van der Waals surface area (Å²) in [5.74, 6) is 0.627. The number of hydrogen-bond acceptors (Lipinski definition) is 3. The Morgan fingerprint density at radius 2 is 0.882 bits per heavy atom. The summed E-state index contributed by atoms with van der Waals surface area (Å²) in [4.78, 5) is 10.5. The summed E-state index contributed by atoms with van der Waals surface area (Å²) in [5.41, 5.74) is 11.0. The monoisotopic (exact) mass is 650 g/mol. The third-order valence-corrected chi connectivity index (χ3v) is 9.87. The van der Waals surface area contributed by atoms with Gasteiger partial charge in [-0.15, -0.1) is 0 Å². The summed E-state index contributed by atoms with van der Waals surface area (Å²) in [5, 5.41) is 6.71. The summed E-state index contributed by atoms with van der Waals surface area (Å²) in [6.07, 6.45) is 0. The van der Waals surface area contributed by atoms with Crippen LogP contribution in [0.5, 0.6) is 0 Å². The van der Waals surface area contributed by atoms with Crippen molar-refractivity contribution in [3.05, 3.63) is 182 Å². The Hall–Kier alpha value is -6.84. The number of aromatic nitrogens is 2. The van der Waals surface area contributed by atoms with Crippen molar-refractivity contribution >= 4 is 43.5 Å². The molecule has 51 heavy (non-hydrogen) atoms. The van der Waals surface area contributed by atoms with Crippen LogP contribution in [-0.4, -0.2) is 9.97 Å². The van der Waals surface area contributed by atoms with Gasteiger partial charge in [-0.1, -0.05) is 152 Å². The van der Waals surface area contributed by atoms with Gasteiger partial charge in [-0.3, -0.25) is 0 Å². The fourth-order valence-electron chi connectivity index (χ4n) is 7.34. The van der Waals surface area contributed by atoms with Gasteiger partial charge in [0.25, 0.3) is 0 Å². The van der Waals surface area contributed by atoms with Crippen LogP contribution < -0.4 is 0 Å². The molecule has 3 heteroatoms. The quantitative estimate of drug-likeness (QED) is 0.186. The molecule has 10 aromatic rings. The van der Waals surface area contributed by atoms with Crippen LogP contribution in [0.4, 0.5) is 0 Å². The van der Waals surface area contributed by atoms with E-state index in [2.05, 4.69) is 164 Å². The summed E-state index contributed by atoms with van der Waals surface area (Å²) in [6, 6.07) is 63.8. The van der Waals surface area contributed by atoms with Crippen molar-refractivity contribution in [2.45, 2.75) is 0 Å². The first-order valence-electron chi connectivity index (χ1n) is 17.2. The van der Waals surface area contributed by atoms with E-state index in [0.29, 0.717) is 5.82 Å². The molecule has 0 amide bonds. The molecule has 0 saturated carbocycles. The van der Waals surface area contributed by atoms with Gasteiger partial charge in [-0.25, -0.2) is 9.97 Å². The van der Waals surface area contributed by atoms with Crippen LogP contribution in [0.15, 0.2) is 186 Å². The Morgan fingerprint density at radius 3 is 1.63 bits per heavy atom. The predicted molar refractivity (Wildman–Crippen MR) is 212 cm³/mol. The largest absolute Gasteiger partial charge is 0.455 e. The van der Waals surface area contributed by atoms with Crippen molar-refractivity contribution in [3.63, 3.8) is 0 Å². The smallest absolute Gasteiger partial charge is 0.164 e. The second kappa shape index (κ2) is 11.9. The van der Waals surface area contributed by atoms with Gasteiger partial charge in [-0.05, 0) is 68.7 Å². The predicted octanol–water partition coefficient (Wildman–Crippen LogP) is 13.0. The first kappa shape index (κ1) is 29.1. The molecule has 2 aromatic heterocycles. The van der Waals surface area contributed by atoms with Crippen molar-refractivity contribution in [3.8, 4) is 56.2 Å². The van der Waals surface area contributed by atoms with Crippen molar-refractivity contribution in [2.24, 2.45) is 0 Å². The van der Waals surface area contributed by atoms with Crippen LogP contribution in [0.1, 0.15) is 0 Å². The van der Waals surface area contributed by atoms with Crippen LogP contribution in [-0.2, 0) is 0 Å². The minimum atomic E-state index is 0.627. The Balaban J connectivity index is 1.19. The number of furan rings is 1. The molecular formula is C48H30N2O. The Bertz CT molecular complexity index is 2890. The molecule has 0 radical (unpaired) electrons. The van der Waals surface area contributed by atoms with Crippen LogP contribution in [0.3, 0.4) is 0 Å². The molecule has 0 aliphatic carbocycles. The lowest BCUT2D eigenvalue weighted by atomic mass is 9.95.